The van der Waals surface area contributed by atoms with Crippen LogP contribution in [0.1, 0.15) is 35.5 Å². The Kier molecular flexibility index (Phi) is 3.77. The van der Waals surface area contributed by atoms with Gasteiger partial charge in [0.2, 0.25) is 0 Å². The molecule has 3 nitrogen and oxygen atoms in total. The lowest BCUT2D eigenvalue weighted by atomic mass is 10.1. The van der Waals surface area contributed by atoms with Crippen molar-refractivity contribution >= 4 is 0 Å². The lowest BCUT2D eigenvalue weighted by molar-refractivity contribution is 0.391. The van der Waals surface area contributed by atoms with Crippen LogP contribution in [0.4, 0.5) is 4.39 Å². The molecule has 0 aliphatic rings. The van der Waals surface area contributed by atoms with E-state index in [1.165, 1.54) is 6.07 Å². The molecular weight excluding hydrogens is 231 g/mol. The van der Waals surface area contributed by atoms with Gasteiger partial charge in [-0.25, -0.2) is 4.39 Å². The van der Waals surface area contributed by atoms with E-state index in [4.69, 9.17) is 4.52 Å². The van der Waals surface area contributed by atoms with Crippen molar-refractivity contribution in [1.82, 2.24) is 10.5 Å². The van der Waals surface area contributed by atoms with Gasteiger partial charge in [-0.05, 0) is 38.5 Å². The molecule has 0 saturated carbocycles. The van der Waals surface area contributed by atoms with Gasteiger partial charge in [0.15, 0.2) is 0 Å². The number of hydrogen-bond acceptors (Lipinski definition) is 3. The number of nitrogens with one attached hydrogen (secondary N) is 1. The van der Waals surface area contributed by atoms with Crippen molar-refractivity contribution in [3.05, 3.63) is 52.7 Å². The van der Waals surface area contributed by atoms with Crippen LogP contribution < -0.4 is 5.32 Å². The highest BCUT2D eigenvalue weighted by molar-refractivity contribution is 5.22. The van der Waals surface area contributed by atoms with E-state index in [2.05, 4.69) is 10.5 Å². The molecule has 0 fully saturated rings. The quantitative estimate of drug-likeness (QED) is 0.902. The summed E-state index contributed by atoms with van der Waals surface area (Å²) in [7, 11) is 0. The minimum Gasteiger partial charge on any atom is -0.361 e. The van der Waals surface area contributed by atoms with E-state index in [1.807, 2.05) is 26.8 Å². The molecule has 0 amide bonds. The van der Waals surface area contributed by atoms with Crippen LogP contribution in [-0.2, 0) is 6.54 Å². The fourth-order valence-electron chi connectivity index (χ4n) is 1.90. The van der Waals surface area contributed by atoms with E-state index >= 15 is 0 Å². The van der Waals surface area contributed by atoms with Crippen LogP contribution in [0.15, 0.2) is 28.8 Å². The first kappa shape index (κ1) is 12.8. The Morgan fingerprint density at radius 1 is 1.39 bits per heavy atom. The van der Waals surface area contributed by atoms with E-state index in [0.29, 0.717) is 6.54 Å². The van der Waals surface area contributed by atoms with Gasteiger partial charge in [-0.1, -0.05) is 17.3 Å². The lowest BCUT2D eigenvalue weighted by Gasteiger charge is -2.14. The molecule has 2 aromatic rings. The SMILES string of the molecule is Cc1noc(C)c1CN[C@@H](C)c1cccc(F)c1. The van der Waals surface area contributed by atoms with Crippen molar-refractivity contribution < 1.29 is 8.91 Å². The first-order valence-corrected chi connectivity index (χ1v) is 5.98. The average Bonchev–Trinajstić information content (AvgIpc) is 2.66. The molecular formula is C14H17FN2O. The molecule has 0 unspecified atom stereocenters. The van der Waals surface area contributed by atoms with E-state index in [0.717, 1.165) is 22.6 Å². The second-order valence-corrected chi connectivity index (χ2v) is 4.46. The van der Waals surface area contributed by atoms with Gasteiger partial charge in [0.25, 0.3) is 0 Å². The topological polar surface area (TPSA) is 38.1 Å². The molecule has 96 valence electrons. The predicted molar refractivity (Wildman–Crippen MR) is 67.6 cm³/mol. The lowest BCUT2D eigenvalue weighted by Crippen LogP contribution is -2.18. The number of rotatable bonds is 4. The summed E-state index contributed by atoms with van der Waals surface area (Å²) in [6.07, 6.45) is 0. The van der Waals surface area contributed by atoms with Crippen molar-refractivity contribution in [3.63, 3.8) is 0 Å². The zero-order valence-corrected chi connectivity index (χ0v) is 10.8. The van der Waals surface area contributed by atoms with Gasteiger partial charge < -0.3 is 9.84 Å². The van der Waals surface area contributed by atoms with Crippen LogP contribution in [0.3, 0.4) is 0 Å². The molecule has 0 aliphatic heterocycles. The Morgan fingerprint density at radius 3 is 2.78 bits per heavy atom. The summed E-state index contributed by atoms with van der Waals surface area (Å²) in [6, 6.07) is 6.71. The first-order valence-electron chi connectivity index (χ1n) is 5.98. The minimum atomic E-state index is -0.210. The van der Waals surface area contributed by atoms with Crippen LogP contribution in [0.2, 0.25) is 0 Å². The third kappa shape index (κ3) is 2.76. The Bertz CT molecular complexity index is 517. The van der Waals surface area contributed by atoms with Gasteiger partial charge in [-0.2, -0.15) is 0 Å². The van der Waals surface area contributed by atoms with Crippen LogP contribution >= 0.6 is 0 Å². The molecule has 0 saturated heterocycles. The Balaban J connectivity index is 2.02. The number of aromatic nitrogens is 1. The predicted octanol–water partition coefficient (Wildman–Crippen LogP) is 3.28. The molecule has 1 heterocycles. The van der Waals surface area contributed by atoms with Crippen LogP contribution in [-0.4, -0.2) is 5.16 Å². The van der Waals surface area contributed by atoms with Crippen LogP contribution in [0.5, 0.6) is 0 Å². The maximum absolute atomic E-state index is 13.1. The highest BCUT2D eigenvalue weighted by Crippen LogP contribution is 2.16. The molecule has 0 spiro atoms. The van der Waals surface area contributed by atoms with Crippen LogP contribution in [0.25, 0.3) is 0 Å². The van der Waals surface area contributed by atoms with Gasteiger partial charge >= 0.3 is 0 Å². The van der Waals surface area contributed by atoms with Crippen molar-refractivity contribution in [2.75, 3.05) is 0 Å². The van der Waals surface area contributed by atoms with E-state index in [1.54, 1.807) is 12.1 Å². The molecule has 4 heteroatoms. The number of hydrogen-bond donors (Lipinski definition) is 1. The van der Waals surface area contributed by atoms with Gasteiger partial charge in [0.1, 0.15) is 11.6 Å². The van der Waals surface area contributed by atoms with Gasteiger partial charge in [0.05, 0.1) is 5.69 Å². The largest absolute Gasteiger partial charge is 0.361 e. The highest BCUT2D eigenvalue weighted by Gasteiger charge is 2.11. The fourth-order valence-corrected chi connectivity index (χ4v) is 1.90. The van der Waals surface area contributed by atoms with Gasteiger partial charge in [-0.3, -0.25) is 0 Å². The summed E-state index contributed by atoms with van der Waals surface area (Å²) in [6.45, 7) is 6.48. The maximum Gasteiger partial charge on any atom is 0.138 e. The Labute approximate surface area is 106 Å². The third-order valence-corrected chi connectivity index (χ3v) is 3.11. The second kappa shape index (κ2) is 5.31. The summed E-state index contributed by atoms with van der Waals surface area (Å²) in [5, 5.41) is 7.25. The van der Waals surface area contributed by atoms with Crippen molar-refractivity contribution in [1.29, 1.82) is 0 Å². The molecule has 1 aromatic heterocycles. The zero-order chi connectivity index (χ0) is 13.1. The standard InChI is InChI=1S/C14H17FN2O/c1-9(12-5-4-6-13(15)7-12)16-8-14-10(2)17-18-11(14)3/h4-7,9,16H,8H2,1-3H3/t9-/m0/s1. The van der Waals surface area contributed by atoms with Crippen molar-refractivity contribution in [2.24, 2.45) is 0 Å². The maximum atomic E-state index is 13.1. The van der Waals surface area contributed by atoms with E-state index in [-0.39, 0.29) is 11.9 Å². The number of nitrogens with zero attached hydrogens (tertiary/aromatic N) is 1. The summed E-state index contributed by atoms with van der Waals surface area (Å²) < 4.78 is 18.2. The molecule has 0 radical (unpaired) electrons. The van der Waals surface area contributed by atoms with E-state index in [9.17, 15) is 4.39 Å². The summed E-state index contributed by atoms with van der Waals surface area (Å²) >= 11 is 0. The zero-order valence-electron chi connectivity index (χ0n) is 10.8. The molecule has 1 aromatic carbocycles. The molecule has 1 atom stereocenters. The van der Waals surface area contributed by atoms with Gasteiger partial charge in [0, 0.05) is 18.2 Å². The third-order valence-electron chi connectivity index (χ3n) is 3.11. The molecule has 1 N–H and O–H groups in total. The average molecular weight is 248 g/mol. The Hall–Kier alpha value is -1.68. The molecule has 18 heavy (non-hydrogen) atoms. The van der Waals surface area contributed by atoms with E-state index < -0.39 is 0 Å². The van der Waals surface area contributed by atoms with Gasteiger partial charge in [-0.15, -0.1) is 0 Å². The summed E-state index contributed by atoms with van der Waals surface area (Å²) in [5.74, 6) is 0.616. The van der Waals surface area contributed by atoms with Crippen LogP contribution in [0, 0.1) is 19.7 Å². The first-order chi connectivity index (χ1) is 8.58. The second-order valence-electron chi connectivity index (χ2n) is 4.46. The summed E-state index contributed by atoms with van der Waals surface area (Å²) in [4.78, 5) is 0. The number of aryl methyl sites for hydroxylation is 2. The smallest absolute Gasteiger partial charge is 0.138 e. The number of halogens is 1. The molecule has 0 bridgehead atoms. The minimum absolute atomic E-state index is 0.0781. The normalized spacial score (nSPS) is 12.7. The Morgan fingerprint density at radius 2 is 2.17 bits per heavy atom. The number of benzene rings is 1. The summed E-state index contributed by atoms with van der Waals surface area (Å²) in [5.41, 5.74) is 2.89. The fraction of sp³-hybridized carbons (Fsp3) is 0.357. The molecule has 2 rings (SSSR count). The van der Waals surface area contributed by atoms with Crippen molar-refractivity contribution in [2.45, 2.75) is 33.4 Å². The van der Waals surface area contributed by atoms with Crippen molar-refractivity contribution in [3.8, 4) is 0 Å². The highest BCUT2D eigenvalue weighted by atomic mass is 19.1. The molecule has 0 aliphatic carbocycles. The monoisotopic (exact) mass is 248 g/mol.